The lowest BCUT2D eigenvalue weighted by atomic mass is 9.81. The number of rotatable bonds is 13. The lowest BCUT2D eigenvalue weighted by molar-refractivity contribution is -0.118. The molecular formula is C39H43FN2O4. The molecule has 2 unspecified atom stereocenters. The highest BCUT2D eigenvalue weighted by atomic mass is 19.1. The van der Waals surface area contributed by atoms with E-state index in [2.05, 4.69) is 10.6 Å². The van der Waals surface area contributed by atoms with E-state index in [4.69, 9.17) is 4.74 Å². The van der Waals surface area contributed by atoms with Crippen LogP contribution in [0.4, 0.5) is 4.39 Å². The van der Waals surface area contributed by atoms with Crippen LogP contribution < -0.4 is 15.4 Å². The molecule has 0 aromatic heterocycles. The van der Waals surface area contributed by atoms with E-state index in [1.807, 2.05) is 78.9 Å². The van der Waals surface area contributed by atoms with Gasteiger partial charge in [0.15, 0.2) is 0 Å². The van der Waals surface area contributed by atoms with E-state index in [0.29, 0.717) is 35.8 Å². The lowest BCUT2D eigenvalue weighted by Gasteiger charge is -2.31. The molecule has 1 fully saturated rings. The third kappa shape index (κ3) is 9.67. The number of amides is 2. The van der Waals surface area contributed by atoms with Crippen LogP contribution in [-0.4, -0.2) is 29.0 Å². The fourth-order valence-corrected chi connectivity index (χ4v) is 6.39. The fraction of sp³-hybridized carbons (Fsp3) is 0.333. The molecule has 3 N–H and O–H groups in total. The van der Waals surface area contributed by atoms with Crippen LogP contribution in [-0.2, 0) is 11.2 Å². The Bertz CT molecular complexity index is 1540. The summed E-state index contributed by atoms with van der Waals surface area (Å²) in [6, 6.07) is 26.5. The molecule has 0 aliphatic heterocycles. The number of nitrogens with one attached hydrogen (secondary N) is 2. The molecule has 3 aromatic rings. The normalized spacial score (nSPS) is 16.6. The largest absolute Gasteiger partial charge is 0.507 e. The molecule has 7 heteroatoms. The van der Waals surface area contributed by atoms with Gasteiger partial charge in [-0.15, -0.1) is 0 Å². The summed E-state index contributed by atoms with van der Waals surface area (Å²) >= 11 is 0. The van der Waals surface area contributed by atoms with Crippen LogP contribution in [0.2, 0.25) is 0 Å². The van der Waals surface area contributed by atoms with Gasteiger partial charge in [0, 0.05) is 23.7 Å². The zero-order valence-electron chi connectivity index (χ0n) is 26.2. The van der Waals surface area contributed by atoms with Gasteiger partial charge in [0.05, 0.1) is 5.57 Å². The number of carbonyl (C=O) groups excluding carboxylic acids is 2. The molecule has 0 bridgehead atoms. The molecule has 0 saturated heterocycles. The van der Waals surface area contributed by atoms with Crippen LogP contribution in [0.5, 0.6) is 11.5 Å². The van der Waals surface area contributed by atoms with Crippen molar-refractivity contribution in [3.63, 3.8) is 0 Å². The molecule has 2 aliphatic carbocycles. The number of benzene rings is 3. The van der Waals surface area contributed by atoms with E-state index >= 15 is 0 Å². The number of hydrogen-bond acceptors (Lipinski definition) is 4. The summed E-state index contributed by atoms with van der Waals surface area (Å²) in [5, 5.41) is 16.8. The van der Waals surface area contributed by atoms with Crippen molar-refractivity contribution in [3.8, 4) is 11.5 Å². The molecule has 3 aromatic carbocycles. The number of para-hydroxylation sites is 1. The Morgan fingerprint density at radius 3 is 2.33 bits per heavy atom. The fourth-order valence-electron chi connectivity index (χ4n) is 6.39. The first-order valence-corrected chi connectivity index (χ1v) is 16.4. The number of hydrogen-bond donors (Lipinski definition) is 3. The van der Waals surface area contributed by atoms with Crippen molar-refractivity contribution in [2.24, 2.45) is 5.92 Å². The first-order chi connectivity index (χ1) is 22.4. The summed E-state index contributed by atoms with van der Waals surface area (Å²) in [6.45, 7) is 0. The van der Waals surface area contributed by atoms with Gasteiger partial charge in [0.25, 0.3) is 11.8 Å². The van der Waals surface area contributed by atoms with Crippen LogP contribution in [0.3, 0.4) is 0 Å². The van der Waals surface area contributed by atoms with Gasteiger partial charge >= 0.3 is 0 Å². The minimum absolute atomic E-state index is 0.00596. The zero-order chi connectivity index (χ0) is 32.1. The predicted molar refractivity (Wildman–Crippen MR) is 179 cm³/mol. The number of carbonyl (C=O) groups is 2. The first kappa shape index (κ1) is 32.7. The number of aliphatic hydroxyl groups is 1. The minimum atomic E-state index is -0.590. The maximum Gasteiger partial charge on any atom is 0.251 e. The summed E-state index contributed by atoms with van der Waals surface area (Å²) in [7, 11) is 0. The molecule has 0 spiro atoms. The Morgan fingerprint density at radius 1 is 0.848 bits per heavy atom. The zero-order valence-corrected chi connectivity index (χ0v) is 26.2. The van der Waals surface area contributed by atoms with Gasteiger partial charge < -0.3 is 20.5 Å². The van der Waals surface area contributed by atoms with Crippen molar-refractivity contribution in [3.05, 3.63) is 131 Å². The molecule has 0 heterocycles. The molecule has 0 radical (unpaired) electrons. The second-order valence-corrected chi connectivity index (χ2v) is 12.2. The van der Waals surface area contributed by atoms with Crippen molar-refractivity contribution >= 4 is 11.8 Å². The molecule has 46 heavy (non-hydrogen) atoms. The third-order valence-electron chi connectivity index (χ3n) is 8.80. The average Bonchev–Trinajstić information content (AvgIpc) is 3.24. The maximum absolute atomic E-state index is 13.8. The standard InChI is InChI=1S/C39H43FN2O4/c40-31-18-11-23-35(37(43)27-31)39(45)41-32(25-28-13-4-1-5-14-28)19-12-24-36(29-15-6-2-7-16-29)42-38(44)30-17-10-22-34(26-30)46-33-20-8-3-9-21-33/h1,3-5,8-11,13-14,17-18,20-22,26-27,29,32,36,43H,2,6-7,12,15-16,19,23-25H2,(H,41,45)(H,42,44). The summed E-state index contributed by atoms with van der Waals surface area (Å²) in [4.78, 5) is 26.8. The summed E-state index contributed by atoms with van der Waals surface area (Å²) in [5.41, 5.74) is 1.79. The lowest BCUT2D eigenvalue weighted by Crippen LogP contribution is -2.42. The highest BCUT2D eigenvalue weighted by Gasteiger charge is 2.26. The highest BCUT2D eigenvalue weighted by Crippen LogP contribution is 2.30. The Balaban J connectivity index is 1.26. The quantitative estimate of drug-likeness (QED) is 0.178. The van der Waals surface area contributed by atoms with Gasteiger partial charge in [-0.05, 0) is 92.8 Å². The molecule has 240 valence electrons. The first-order valence-electron chi connectivity index (χ1n) is 16.4. The predicted octanol–water partition coefficient (Wildman–Crippen LogP) is 8.68. The minimum Gasteiger partial charge on any atom is -0.507 e. The van der Waals surface area contributed by atoms with Gasteiger partial charge in [-0.1, -0.05) is 79.9 Å². The molecule has 2 aliphatic rings. The van der Waals surface area contributed by atoms with Crippen LogP contribution >= 0.6 is 0 Å². The smallest absolute Gasteiger partial charge is 0.251 e. The maximum atomic E-state index is 13.8. The van der Waals surface area contributed by atoms with Gasteiger partial charge in [-0.25, -0.2) is 4.39 Å². The van der Waals surface area contributed by atoms with Gasteiger partial charge in [-0.2, -0.15) is 0 Å². The van der Waals surface area contributed by atoms with E-state index in [1.165, 1.54) is 18.6 Å². The van der Waals surface area contributed by atoms with E-state index in [1.54, 1.807) is 6.07 Å². The van der Waals surface area contributed by atoms with Gasteiger partial charge in [0.2, 0.25) is 0 Å². The van der Waals surface area contributed by atoms with Crippen molar-refractivity contribution in [2.75, 3.05) is 0 Å². The number of halogens is 1. The van der Waals surface area contributed by atoms with E-state index in [9.17, 15) is 19.1 Å². The van der Waals surface area contributed by atoms with E-state index in [0.717, 1.165) is 50.2 Å². The van der Waals surface area contributed by atoms with Crippen LogP contribution in [0.25, 0.3) is 0 Å². The molecule has 5 rings (SSSR count). The number of aliphatic hydroxyl groups excluding tert-OH is 1. The second kappa shape index (κ2) is 16.6. The number of ether oxygens (including phenoxy) is 1. The summed E-state index contributed by atoms with van der Waals surface area (Å²) in [6.07, 6.45) is 12.5. The van der Waals surface area contributed by atoms with E-state index in [-0.39, 0.29) is 35.7 Å². The monoisotopic (exact) mass is 622 g/mol. The average molecular weight is 623 g/mol. The number of allylic oxidation sites excluding steroid dienone is 4. The Hall–Kier alpha value is -4.65. The summed E-state index contributed by atoms with van der Waals surface area (Å²) in [5.74, 6) is 0.254. The van der Waals surface area contributed by atoms with Crippen LogP contribution in [0.1, 0.15) is 73.7 Å². The van der Waals surface area contributed by atoms with Crippen molar-refractivity contribution < 1.29 is 23.8 Å². The molecular weight excluding hydrogens is 579 g/mol. The van der Waals surface area contributed by atoms with Crippen LogP contribution in [0, 0.1) is 5.92 Å². The second-order valence-electron chi connectivity index (χ2n) is 12.2. The molecule has 2 atom stereocenters. The molecule has 2 amide bonds. The van der Waals surface area contributed by atoms with Crippen molar-refractivity contribution in [1.82, 2.24) is 10.6 Å². The summed E-state index contributed by atoms with van der Waals surface area (Å²) < 4.78 is 19.8. The molecule has 1 saturated carbocycles. The topological polar surface area (TPSA) is 87.7 Å². The Labute approximate surface area is 271 Å². The Morgan fingerprint density at radius 2 is 1.57 bits per heavy atom. The van der Waals surface area contributed by atoms with Gasteiger partial charge in [-0.3, -0.25) is 9.59 Å². The van der Waals surface area contributed by atoms with Crippen molar-refractivity contribution in [2.45, 2.75) is 76.3 Å². The van der Waals surface area contributed by atoms with Crippen molar-refractivity contribution in [1.29, 1.82) is 0 Å². The molecule has 6 nitrogen and oxygen atoms in total. The SMILES string of the molecule is O=C(NC(CCCC(NC(=O)c1cccc(Oc2ccccc2)c1)C1CCCCC1)Cc1ccccc1)C1=C(O)C=C(F)C=CC1. The van der Waals surface area contributed by atoms with Crippen LogP contribution in [0.15, 0.2) is 120 Å². The Kier molecular flexibility index (Phi) is 11.8. The van der Waals surface area contributed by atoms with E-state index < -0.39 is 11.7 Å². The highest BCUT2D eigenvalue weighted by molar-refractivity contribution is 5.95. The van der Waals surface area contributed by atoms with Gasteiger partial charge in [0.1, 0.15) is 23.1 Å². The third-order valence-corrected chi connectivity index (χ3v) is 8.80.